The molecule has 4 nitrogen and oxygen atoms in total. The van der Waals surface area contributed by atoms with Crippen molar-refractivity contribution < 1.29 is 0 Å². The SMILES string of the molecule is CN(C[C@@H]1CCN(c2ccccc2)C1)c1ccncn1. The number of aromatic nitrogens is 2. The number of anilines is 2. The third-order valence-corrected chi connectivity index (χ3v) is 3.90. The van der Waals surface area contributed by atoms with E-state index < -0.39 is 0 Å². The van der Waals surface area contributed by atoms with Gasteiger partial charge >= 0.3 is 0 Å². The average molecular weight is 268 g/mol. The Bertz CT molecular complexity index is 529. The number of benzene rings is 1. The summed E-state index contributed by atoms with van der Waals surface area (Å²) in [6.45, 7) is 3.31. The molecule has 0 saturated carbocycles. The van der Waals surface area contributed by atoms with Crippen LogP contribution in [-0.4, -0.2) is 36.6 Å². The molecule has 20 heavy (non-hydrogen) atoms. The summed E-state index contributed by atoms with van der Waals surface area (Å²) in [7, 11) is 2.10. The second kappa shape index (κ2) is 5.90. The maximum absolute atomic E-state index is 4.30. The molecule has 0 bridgehead atoms. The number of hydrogen-bond donors (Lipinski definition) is 0. The maximum atomic E-state index is 4.30. The molecule has 1 fully saturated rings. The summed E-state index contributed by atoms with van der Waals surface area (Å²) in [5.74, 6) is 1.69. The molecular formula is C16H20N4. The van der Waals surface area contributed by atoms with E-state index in [0.717, 1.165) is 25.5 Å². The Morgan fingerprint density at radius 2 is 2.10 bits per heavy atom. The number of rotatable bonds is 4. The average Bonchev–Trinajstić information content (AvgIpc) is 2.97. The zero-order valence-electron chi connectivity index (χ0n) is 11.8. The topological polar surface area (TPSA) is 32.3 Å². The largest absolute Gasteiger partial charge is 0.371 e. The van der Waals surface area contributed by atoms with Crippen molar-refractivity contribution in [3.8, 4) is 0 Å². The van der Waals surface area contributed by atoms with Gasteiger partial charge in [0.15, 0.2) is 0 Å². The third kappa shape index (κ3) is 2.90. The number of hydrogen-bond acceptors (Lipinski definition) is 4. The molecule has 1 aromatic carbocycles. The summed E-state index contributed by atoms with van der Waals surface area (Å²) in [6, 6.07) is 12.6. The highest BCUT2D eigenvalue weighted by Gasteiger charge is 2.23. The van der Waals surface area contributed by atoms with Gasteiger partial charge in [-0.1, -0.05) is 18.2 Å². The minimum absolute atomic E-state index is 0.690. The molecule has 104 valence electrons. The zero-order valence-corrected chi connectivity index (χ0v) is 11.8. The molecule has 2 heterocycles. The van der Waals surface area contributed by atoms with E-state index in [-0.39, 0.29) is 0 Å². The van der Waals surface area contributed by atoms with Crippen LogP contribution in [0.5, 0.6) is 0 Å². The molecule has 0 radical (unpaired) electrons. The summed E-state index contributed by atoms with van der Waals surface area (Å²) >= 11 is 0. The van der Waals surface area contributed by atoms with Gasteiger partial charge in [0.1, 0.15) is 12.1 Å². The molecule has 0 N–H and O–H groups in total. The summed E-state index contributed by atoms with van der Waals surface area (Å²) in [6.07, 6.45) is 4.64. The minimum Gasteiger partial charge on any atom is -0.371 e. The van der Waals surface area contributed by atoms with Crippen molar-refractivity contribution in [1.29, 1.82) is 0 Å². The van der Waals surface area contributed by atoms with Crippen LogP contribution in [0.4, 0.5) is 11.5 Å². The molecule has 3 rings (SSSR count). The zero-order chi connectivity index (χ0) is 13.8. The number of para-hydroxylation sites is 1. The van der Waals surface area contributed by atoms with Crippen LogP contribution in [0.1, 0.15) is 6.42 Å². The Morgan fingerprint density at radius 1 is 1.25 bits per heavy atom. The van der Waals surface area contributed by atoms with Gasteiger partial charge in [-0.3, -0.25) is 0 Å². The molecule has 1 aliphatic rings. The highest BCUT2D eigenvalue weighted by Crippen LogP contribution is 2.24. The smallest absolute Gasteiger partial charge is 0.131 e. The standard InChI is InChI=1S/C16H20N4/c1-19(16-7-9-17-13-18-16)11-14-8-10-20(12-14)15-5-3-2-4-6-15/h2-7,9,13-14H,8,10-12H2,1H3/t14-/m0/s1. The van der Waals surface area contributed by atoms with E-state index in [1.165, 1.54) is 12.1 Å². The van der Waals surface area contributed by atoms with Crippen LogP contribution in [0.25, 0.3) is 0 Å². The lowest BCUT2D eigenvalue weighted by Crippen LogP contribution is -2.28. The van der Waals surface area contributed by atoms with Gasteiger partial charge in [0.2, 0.25) is 0 Å². The van der Waals surface area contributed by atoms with Gasteiger partial charge in [0, 0.05) is 38.6 Å². The Morgan fingerprint density at radius 3 is 2.85 bits per heavy atom. The van der Waals surface area contributed by atoms with E-state index in [1.54, 1.807) is 12.5 Å². The minimum atomic E-state index is 0.690. The first-order valence-corrected chi connectivity index (χ1v) is 7.10. The molecule has 4 heteroatoms. The van der Waals surface area contributed by atoms with Crippen LogP contribution in [0, 0.1) is 5.92 Å². The first kappa shape index (κ1) is 12.9. The van der Waals surface area contributed by atoms with Gasteiger partial charge in [-0.05, 0) is 30.5 Å². The lowest BCUT2D eigenvalue weighted by molar-refractivity contribution is 0.581. The normalized spacial score (nSPS) is 18.2. The fourth-order valence-corrected chi connectivity index (χ4v) is 2.85. The van der Waals surface area contributed by atoms with E-state index in [1.807, 2.05) is 6.07 Å². The van der Waals surface area contributed by atoms with Crippen LogP contribution in [0.3, 0.4) is 0 Å². The fraction of sp³-hybridized carbons (Fsp3) is 0.375. The highest BCUT2D eigenvalue weighted by atomic mass is 15.2. The molecular weight excluding hydrogens is 248 g/mol. The molecule has 0 spiro atoms. The molecule has 0 unspecified atom stereocenters. The molecule has 1 aliphatic heterocycles. The van der Waals surface area contributed by atoms with E-state index in [9.17, 15) is 0 Å². The lowest BCUT2D eigenvalue weighted by Gasteiger charge is -2.23. The quantitative estimate of drug-likeness (QED) is 0.852. The lowest BCUT2D eigenvalue weighted by atomic mass is 10.1. The first-order valence-electron chi connectivity index (χ1n) is 7.10. The Balaban J connectivity index is 1.58. The van der Waals surface area contributed by atoms with Gasteiger partial charge in [-0.25, -0.2) is 9.97 Å². The van der Waals surface area contributed by atoms with E-state index in [2.05, 4.69) is 57.1 Å². The molecule has 0 amide bonds. The number of nitrogens with zero attached hydrogens (tertiary/aromatic N) is 4. The van der Waals surface area contributed by atoms with Crippen LogP contribution in [-0.2, 0) is 0 Å². The second-order valence-corrected chi connectivity index (χ2v) is 5.38. The van der Waals surface area contributed by atoms with Crippen molar-refractivity contribution in [2.75, 3.05) is 36.5 Å². The predicted molar refractivity (Wildman–Crippen MR) is 82.1 cm³/mol. The molecule has 1 atom stereocenters. The third-order valence-electron chi connectivity index (χ3n) is 3.90. The summed E-state index contributed by atoms with van der Waals surface area (Å²) in [5.41, 5.74) is 1.33. The molecule has 2 aromatic rings. The molecule has 1 saturated heterocycles. The monoisotopic (exact) mass is 268 g/mol. The van der Waals surface area contributed by atoms with Crippen LogP contribution >= 0.6 is 0 Å². The first-order chi connectivity index (χ1) is 9.83. The fourth-order valence-electron chi connectivity index (χ4n) is 2.85. The maximum Gasteiger partial charge on any atom is 0.131 e. The van der Waals surface area contributed by atoms with Gasteiger partial charge in [-0.2, -0.15) is 0 Å². The Hall–Kier alpha value is -2.10. The van der Waals surface area contributed by atoms with Crippen molar-refractivity contribution in [2.24, 2.45) is 5.92 Å². The van der Waals surface area contributed by atoms with E-state index >= 15 is 0 Å². The van der Waals surface area contributed by atoms with Crippen LogP contribution in [0.15, 0.2) is 48.9 Å². The van der Waals surface area contributed by atoms with Crippen LogP contribution in [0.2, 0.25) is 0 Å². The predicted octanol–water partition coefficient (Wildman–Crippen LogP) is 2.44. The van der Waals surface area contributed by atoms with Gasteiger partial charge in [0.05, 0.1) is 0 Å². The van der Waals surface area contributed by atoms with E-state index in [0.29, 0.717) is 5.92 Å². The van der Waals surface area contributed by atoms with Gasteiger partial charge in [-0.15, -0.1) is 0 Å². The Labute approximate surface area is 120 Å². The highest BCUT2D eigenvalue weighted by molar-refractivity contribution is 5.47. The summed E-state index contributed by atoms with van der Waals surface area (Å²) < 4.78 is 0. The Kier molecular flexibility index (Phi) is 3.81. The van der Waals surface area contributed by atoms with Crippen molar-refractivity contribution in [2.45, 2.75) is 6.42 Å². The van der Waals surface area contributed by atoms with Crippen molar-refractivity contribution in [1.82, 2.24) is 9.97 Å². The summed E-state index contributed by atoms with van der Waals surface area (Å²) in [4.78, 5) is 13.0. The van der Waals surface area contributed by atoms with Gasteiger partial charge < -0.3 is 9.80 Å². The van der Waals surface area contributed by atoms with Crippen molar-refractivity contribution >= 4 is 11.5 Å². The van der Waals surface area contributed by atoms with E-state index in [4.69, 9.17) is 0 Å². The summed E-state index contributed by atoms with van der Waals surface area (Å²) in [5, 5.41) is 0. The van der Waals surface area contributed by atoms with Crippen molar-refractivity contribution in [3.05, 3.63) is 48.9 Å². The molecule has 1 aromatic heterocycles. The van der Waals surface area contributed by atoms with Gasteiger partial charge in [0.25, 0.3) is 0 Å². The van der Waals surface area contributed by atoms with Crippen LogP contribution < -0.4 is 9.80 Å². The molecule has 0 aliphatic carbocycles. The van der Waals surface area contributed by atoms with Crippen molar-refractivity contribution in [3.63, 3.8) is 0 Å². The second-order valence-electron chi connectivity index (χ2n) is 5.38.